The molecule has 32 heavy (non-hydrogen) atoms. The van der Waals surface area contributed by atoms with E-state index in [0.29, 0.717) is 21.6 Å². The summed E-state index contributed by atoms with van der Waals surface area (Å²) in [7, 11) is 0. The Morgan fingerprint density at radius 1 is 1.09 bits per heavy atom. The van der Waals surface area contributed by atoms with Crippen molar-refractivity contribution in [3.05, 3.63) is 85.7 Å². The van der Waals surface area contributed by atoms with Gasteiger partial charge in [0.05, 0.1) is 4.91 Å². The van der Waals surface area contributed by atoms with Crippen molar-refractivity contribution in [3.63, 3.8) is 0 Å². The van der Waals surface area contributed by atoms with Gasteiger partial charge >= 0.3 is 0 Å². The van der Waals surface area contributed by atoms with Crippen molar-refractivity contribution in [2.24, 2.45) is 0 Å². The van der Waals surface area contributed by atoms with Gasteiger partial charge in [0, 0.05) is 27.5 Å². The smallest absolute Gasteiger partial charge is 0.294 e. The number of aromatic nitrogens is 1. The lowest BCUT2D eigenvalue weighted by atomic mass is 10.1. The van der Waals surface area contributed by atoms with E-state index >= 15 is 0 Å². The number of thiazole rings is 1. The first-order valence-corrected chi connectivity index (χ1v) is 11.8. The molecule has 1 aliphatic heterocycles. The summed E-state index contributed by atoms with van der Waals surface area (Å²) >= 11 is 14.2. The van der Waals surface area contributed by atoms with Crippen LogP contribution in [-0.2, 0) is 16.0 Å². The van der Waals surface area contributed by atoms with Gasteiger partial charge in [0.15, 0.2) is 5.13 Å². The molecule has 1 aliphatic rings. The molecule has 1 fully saturated rings. The Morgan fingerprint density at radius 3 is 2.59 bits per heavy atom. The van der Waals surface area contributed by atoms with Crippen LogP contribution in [0, 0.1) is 0 Å². The predicted molar refractivity (Wildman–Crippen MR) is 129 cm³/mol. The molecule has 1 aromatic heterocycles. The fourth-order valence-corrected chi connectivity index (χ4v) is 4.94. The van der Waals surface area contributed by atoms with Gasteiger partial charge in [-0.2, -0.15) is 0 Å². The summed E-state index contributed by atoms with van der Waals surface area (Å²) in [6.45, 7) is -0.387. The minimum atomic E-state index is -0.511. The minimum absolute atomic E-state index is 0.251. The number of thioether (sulfide) groups is 1. The molecule has 2 heterocycles. The third kappa shape index (κ3) is 5.39. The number of imide groups is 1. The monoisotopic (exact) mass is 503 g/mol. The van der Waals surface area contributed by atoms with Gasteiger partial charge in [-0.05, 0) is 47.2 Å². The predicted octanol–water partition coefficient (Wildman–Crippen LogP) is 5.72. The second-order valence-electron chi connectivity index (χ2n) is 6.77. The van der Waals surface area contributed by atoms with Crippen molar-refractivity contribution < 1.29 is 14.4 Å². The lowest BCUT2D eigenvalue weighted by molar-refractivity contribution is -0.127. The van der Waals surface area contributed by atoms with Crippen LogP contribution in [0.2, 0.25) is 10.0 Å². The Bertz CT molecular complexity index is 1230. The van der Waals surface area contributed by atoms with Crippen molar-refractivity contribution in [3.8, 4) is 0 Å². The molecule has 0 unspecified atom stereocenters. The van der Waals surface area contributed by atoms with Crippen LogP contribution < -0.4 is 5.32 Å². The summed E-state index contributed by atoms with van der Waals surface area (Å²) in [6, 6.07) is 14.4. The number of carbonyl (C=O) groups is 3. The molecule has 2 aromatic carbocycles. The Kier molecular flexibility index (Phi) is 6.95. The number of nitrogens with zero attached hydrogens (tertiary/aromatic N) is 2. The van der Waals surface area contributed by atoms with E-state index in [1.807, 2.05) is 24.3 Å². The molecule has 162 valence electrons. The number of anilines is 1. The van der Waals surface area contributed by atoms with Crippen LogP contribution in [0.5, 0.6) is 0 Å². The molecule has 1 N–H and O–H groups in total. The van der Waals surface area contributed by atoms with Crippen molar-refractivity contribution in [2.45, 2.75) is 6.42 Å². The third-order valence-electron chi connectivity index (χ3n) is 4.47. The molecule has 3 amide bonds. The molecule has 0 radical (unpaired) electrons. The first-order valence-electron chi connectivity index (χ1n) is 9.38. The lowest BCUT2D eigenvalue weighted by Gasteiger charge is -2.11. The molecule has 3 aromatic rings. The Balaban J connectivity index is 1.37. The van der Waals surface area contributed by atoms with E-state index in [1.165, 1.54) is 11.3 Å². The standard InChI is InChI=1S/C22H15Cl2N3O3S2/c23-15-7-5-13(6-8-15)9-18-20(29)27(22(30)32-18)12-19(28)26-21-25-11-16(31-21)10-14-3-1-2-4-17(14)24/h1-9,11H,10,12H2,(H,25,26,28). The molecule has 6 nitrogen and oxygen atoms in total. The highest BCUT2D eigenvalue weighted by Crippen LogP contribution is 2.32. The SMILES string of the molecule is O=C(CN1C(=O)SC(=Cc2ccc(Cl)cc2)C1=O)Nc1ncc(Cc2ccccc2Cl)s1. The maximum absolute atomic E-state index is 12.6. The van der Waals surface area contributed by atoms with Gasteiger partial charge in [-0.3, -0.25) is 19.3 Å². The average Bonchev–Trinajstić information content (AvgIpc) is 3.30. The van der Waals surface area contributed by atoms with E-state index in [0.717, 1.165) is 32.7 Å². The van der Waals surface area contributed by atoms with Crippen LogP contribution in [0.15, 0.2) is 59.6 Å². The zero-order valence-corrected chi connectivity index (χ0v) is 19.5. The number of carbonyl (C=O) groups excluding carboxylic acids is 3. The zero-order valence-electron chi connectivity index (χ0n) is 16.4. The Morgan fingerprint density at radius 2 is 1.84 bits per heavy atom. The second-order valence-corrected chi connectivity index (χ2v) is 9.72. The Labute approximate surface area is 202 Å². The number of benzene rings is 2. The highest BCUT2D eigenvalue weighted by molar-refractivity contribution is 8.18. The van der Waals surface area contributed by atoms with E-state index < -0.39 is 17.1 Å². The largest absolute Gasteiger partial charge is 0.300 e. The molecule has 0 bridgehead atoms. The summed E-state index contributed by atoms with van der Waals surface area (Å²) in [4.78, 5) is 43.6. The van der Waals surface area contributed by atoms with Gasteiger partial charge in [0.25, 0.3) is 11.1 Å². The minimum Gasteiger partial charge on any atom is -0.300 e. The van der Waals surface area contributed by atoms with E-state index in [9.17, 15) is 14.4 Å². The molecular weight excluding hydrogens is 489 g/mol. The molecule has 10 heteroatoms. The summed E-state index contributed by atoms with van der Waals surface area (Å²) in [5.74, 6) is -1.01. The first-order chi connectivity index (χ1) is 15.4. The van der Waals surface area contributed by atoms with Crippen LogP contribution >= 0.6 is 46.3 Å². The maximum atomic E-state index is 12.6. The van der Waals surface area contributed by atoms with Crippen molar-refractivity contribution >= 4 is 74.6 Å². The molecule has 4 rings (SSSR count). The first kappa shape index (κ1) is 22.5. The summed E-state index contributed by atoms with van der Waals surface area (Å²) in [5, 5.41) is 3.78. The van der Waals surface area contributed by atoms with E-state index in [2.05, 4.69) is 10.3 Å². The normalized spacial score (nSPS) is 14.9. The van der Waals surface area contributed by atoms with Gasteiger partial charge < -0.3 is 5.32 Å². The second kappa shape index (κ2) is 9.87. The third-order valence-corrected chi connectivity index (χ3v) is 6.91. The topological polar surface area (TPSA) is 79.4 Å². The van der Waals surface area contributed by atoms with Crippen LogP contribution in [-0.4, -0.2) is 33.5 Å². The van der Waals surface area contributed by atoms with Gasteiger partial charge in [0.2, 0.25) is 5.91 Å². The zero-order chi connectivity index (χ0) is 22.7. The van der Waals surface area contributed by atoms with Crippen LogP contribution in [0.25, 0.3) is 6.08 Å². The molecule has 0 spiro atoms. The lowest BCUT2D eigenvalue weighted by Crippen LogP contribution is -2.36. The highest BCUT2D eigenvalue weighted by atomic mass is 35.5. The van der Waals surface area contributed by atoms with Crippen LogP contribution in [0.1, 0.15) is 16.0 Å². The number of rotatable bonds is 6. The van der Waals surface area contributed by atoms with Gasteiger partial charge in [-0.1, -0.05) is 53.5 Å². The van der Waals surface area contributed by atoms with Gasteiger partial charge in [-0.15, -0.1) is 11.3 Å². The number of hydrogen-bond donors (Lipinski definition) is 1. The summed E-state index contributed by atoms with van der Waals surface area (Å²) in [6.07, 6.45) is 3.85. The van der Waals surface area contributed by atoms with E-state index in [-0.39, 0.29) is 11.4 Å². The van der Waals surface area contributed by atoms with Gasteiger partial charge in [0.1, 0.15) is 6.54 Å². The van der Waals surface area contributed by atoms with Crippen molar-refractivity contribution in [2.75, 3.05) is 11.9 Å². The molecule has 0 aliphatic carbocycles. The summed E-state index contributed by atoms with van der Waals surface area (Å²) in [5.41, 5.74) is 1.69. The van der Waals surface area contributed by atoms with Crippen molar-refractivity contribution in [1.82, 2.24) is 9.88 Å². The molecule has 0 saturated carbocycles. The maximum Gasteiger partial charge on any atom is 0.294 e. The van der Waals surface area contributed by atoms with E-state index in [1.54, 1.807) is 36.5 Å². The van der Waals surface area contributed by atoms with Crippen LogP contribution in [0.4, 0.5) is 9.93 Å². The highest BCUT2D eigenvalue weighted by Gasteiger charge is 2.36. The Hall–Kier alpha value is -2.65. The number of nitrogens with one attached hydrogen (secondary N) is 1. The molecule has 0 atom stereocenters. The van der Waals surface area contributed by atoms with E-state index in [4.69, 9.17) is 23.2 Å². The van der Waals surface area contributed by atoms with Crippen molar-refractivity contribution in [1.29, 1.82) is 0 Å². The number of halogens is 2. The number of amides is 3. The molecule has 1 saturated heterocycles. The van der Waals surface area contributed by atoms with Crippen LogP contribution in [0.3, 0.4) is 0 Å². The quantitative estimate of drug-likeness (QED) is 0.435. The van der Waals surface area contributed by atoms with Gasteiger partial charge in [-0.25, -0.2) is 4.98 Å². The summed E-state index contributed by atoms with van der Waals surface area (Å²) < 4.78 is 0. The fraction of sp³-hybridized carbons (Fsp3) is 0.0909. The molecular formula is C22H15Cl2N3O3S2. The number of hydrogen-bond acceptors (Lipinski definition) is 6. The average molecular weight is 504 g/mol. The fourth-order valence-electron chi connectivity index (χ4n) is 2.93.